The van der Waals surface area contributed by atoms with Gasteiger partial charge in [-0.2, -0.15) is 13.2 Å². The summed E-state index contributed by atoms with van der Waals surface area (Å²) in [5.41, 5.74) is 5.94. The maximum Gasteiger partial charge on any atom is 0.491 e. The second-order valence-corrected chi connectivity index (χ2v) is 13.7. The van der Waals surface area contributed by atoms with Crippen LogP contribution >= 0.6 is 0 Å². The molecule has 12 nitrogen and oxygen atoms in total. The van der Waals surface area contributed by atoms with E-state index in [1.165, 1.54) is 57.7 Å². The molecule has 5 rings (SSSR count). The highest BCUT2D eigenvalue weighted by Gasteiger charge is 2.49. The highest BCUT2D eigenvalue weighted by atomic mass is 32.2. The van der Waals surface area contributed by atoms with Gasteiger partial charge in [0, 0.05) is 35.4 Å². The minimum absolute atomic E-state index is 0.00789. The van der Waals surface area contributed by atoms with E-state index in [2.05, 4.69) is 15.0 Å². The number of rotatable bonds is 10. The Morgan fingerprint density at radius 2 is 1.73 bits per heavy atom. The van der Waals surface area contributed by atoms with E-state index in [0.717, 1.165) is 11.0 Å². The average Bonchev–Trinajstić information content (AvgIpc) is 3.55. The number of carbonyl (C=O) groups excluding carboxylic acids is 3. The van der Waals surface area contributed by atoms with Crippen LogP contribution in [-0.4, -0.2) is 68.8 Å². The maximum atomic E-state index is 15.9. The molecule has 17 heteroatoms. The maximum absolute atomic E-state index is 15.9. The molecule has 0 bridgehead atoms. The summed E-state index contributed by atoms with van der Waals surface area (Å²) in [7, 11) is -1.46. The van der Waals surface area contributed by atoms with Gasteiger partial charge in [-0.05, 0) is 53.8 Å². The number of sulfone groups is 1. The van der Waals surface area contributed by atoms with Gasteiger partial charge in [0.25, 0.3) is 0 Å². The first-order valence-electron chi connectivity index (χ1n) is 15.4. The van der Waals surface area contributed by atoms with Crippen molar-refractivity contribution in [1.82, 2.24) is 9.88 Å². The molecule has 3 aromatic carbocycles. The number of likely N-dealkylation sites (tertiary alicyclic amines) is 1. The Morgan fingerprint density at radius 1 is 1.04 bits per heavy atom. The highest BCUT2D eigenvalue weighted by Crippen LogP contribution is 2.44. The molecule has 51 heavy (non-hydrogen) atoms. The Balaban J connectivity index is 1.67. The zero-order valence-corrected chi connectivity index (χ0v) is 28.2. The van der Waals surface area contributed by atoms with Gasteiger partial charge in [0.2, 0.25) is 5.91 Å². The van der Waals surface area contributed by atoms with E-state index in [9.17, 15) is 36.0 Å². The van der Waals surface area contributed by atoms with Gasteiger partial charge in [-0.15, -0.1) is 0 Å². The lowest BCUT2D eigenvalue weighted by atomic mass is 9.93. The molecule has 3 atom stereocenters. The predicted molar refractivity (Wildman–Crippen MR) is 176 cm³/mol. The number of nitrogens with zero attached hydrogens (tertiary/aromatic N) is 2. The van der Waals surface area contributed by atoms with Crippen molar-refractivity contribution in [1.29, 1.82) is 0 Å². The van der Waals surface area contributed by atoms with Gasteiger partial charge in [0.05, 0.1) is 36.8 Å². The standard InChI is InChI=1S/C34H32F4N4O8S/c1-4-51(46,47)27-8-6-5-7-21(27)29-22(32(44)50-33(45)34(36,37)38)12-14-42(29)31(43)28(23-16-25(48-2)26(49-3)17-24(23)35)41-19-9-10-20-18(15-19)11-13-40-30(20)39/h5-11,13,15-17,22,28-29,41H,4,12,14H2,1-3H3,(H2,39,40)/t22?,28-,29?/m0/s1. The third-order valence-corrected chi connectivity index (χ3v) is 10.3. The van der Waals surface area contributed by atoms with Gasteiger partial charge in [-0.1, -0.05) is 25.1 Å². The number of benzene rings is 3. The van der Waals surface area contributed by atoms with Crippen LogP contribution in [0.3, 0.4) is 0 Å². The van der Waals surface area contributed by atoms with E-state index < -0.39 is 63.4 Å². The number of carbonyl (C=O) groups is 3. The van der Waals surface area contributed by atoms with Crippen LogP contribution in [0.25, 0.3) is 10.8 Å². The van der Waals surface area contributed by atoms with Gasteiger partial charge in [-0.3, -0.25) is 9.59 Å². The molecule has 0 saturated carbocycles. The average molecular weight is 733 g/mol. The summed E-state index contributed by atoms with van der Waals surface area (Å²) in [5, 5.41) is 4.21. The summed E-state index contributed by atoms with van der Waals surface area (Å²) in [6.07, 6.45) is -4.37. The van der Waals surface area contributed by atoms with Gasteiger partial charge in [-0.25, -0.2) is 22.6 Å². The fraction of sp³-hybridized carbons (Fsp3) is 0.294. The Bertz CT molecular complexity index is 2110. The first kappa shape index (κ1) is 36.8. The molecule has 0 aliphatic carbocycles. The molecule has 1 aliphatic rings. The van der Waals surface area contributed by atoms with Crippen LogP contribution in [0.15, 0.2) is 71.8 Å². The molecule has 3 N–H and O–H groups in total. The fourth-order valence-corrected chi connectivity index (χ4v) is 7.19. The number of hydrogen-bond donors (Lipinski definition) is 2. The molecule has 0 spiro atoms. The summed E-state index contributed by atoms with van der Waals surface area (Å²) < 4.78 is 96.5. The van der Waals surface area contributed by atoms with Crippen molar-refractivity contribution < 1.29 is 54.6 Å². The molecule has 2 heterocycles. The number of ether oxygens (including phenoxy) is 3. The van der Waals surface area contributed by atoms with Crippen molar-refractivity contribution in [2.75, 3.05) is 37.6 Å². The van der Waals surface area contributed by atoms with E-state index in [1.54, 1.807) is 24.3 Å². The summed E-state index contributed by atoms with van der Waals surface area (Å²) >= 11 is 0. The largest absolute Gasteiger partial charge is 0.493 e. The SMILES string of the molecule is CCS(=O)(=O)c1ccccc1C1C(C(=O)OC(=O)C(F)(F)F)CCN1C(=O)[C@@H](Nc1ccc2c(N)nccc2c1)c1cc(OC)c(OC)cc1F. The molecular formula is C34H32F4N4O8S. The van der Waals surface area contributed by atoms with Crippen molar-refractivity contribution in [2.24, 2.45) is 5.92 Å². The van der Waals surface area contributed by atoms with Crippen molar-refractivity contribution in [3.05, 3.63) is 83.8 Å². The summed E-state index contributed by atoms with van der Waals surface area (Å²) in [6, 6.07) is 10.9. The van der Waals surface area contributed by atoms with E-state index >= 15 is 4.39 Å². The minimum Gasteiger partial charge on any atom is -0.493 e. The minimum atomic E-state index is -5.51. The summed E-state index contributed by atoms with van der Waals surface area (Å²) in [6.45, 7) is 1.04. The number of halogens is 4. The van der Waals surface area contributed by atoms with E-state index in [4.69, 9.17) is 15.2 Å². The molecule has 4 aromatic rings. The molecule has 1 amide bonds. The van der Waals surface area contributed by atoms with Crippen molar-refractivity contribution in [3.8, 4) is 11.5 Å². The zero-order chi connectivity index (χ0) is 37.2. The van der Waals surface area contributed by atoms with Crippen molar-refractivity contribution in [2.45, 2.75) is 36.5 Å². The fourth-order valence-electron chi connectivity index (χ4n) is 6.05. The van der Waals surface area contributed by atoms with Gasteiger partial charge >= 0.3 is 18.1 Å². The Kier molecular flexibility index (Phi) is 10.4. The van der Waals surface area contributed by atoms with Crippen molar-refractivity contribution in [3.63, 3.8) is 0 Å². The van der Waals surface area contributed by atoms with Crippen LogP contribution < -0.4 is 20.5 Å². The smallest absolute Gasteiger partial charge is 0.491 e. The molecule has 270 valence electrons. The molecule has 1 aliphatic heterocycles. The summed E-state index contributed by atoms with van der Waals surface area (Å²) in [4.78, 5) is 44.5. The normalized spacial score (nSPS) is 16.8. The monoisotopic (exact) mass is 732 g/mol. The second kappa shape index (κ2) is 14.4. The van der Waals surface area contributed by atoms with E-state index in [1.807, 2.05) is 0 Å². The van der Waals surface area contributed by atoms with Crippen LogP contribution in [0.4, 0.5) is 29.1 Å². The van der Waals surface area contributed by atoms with Gasteiger partial charge in [0.1, 0.15) is 17.7 Å². The Morgan fingerprint density at radius 3 is 2.39 bits per heavy atom. The molecule has 0 radical (unpaired) electrons. The number of methoxy groups -OCH3 is 2. The zero-order valence-electron chi connectivity index (χ0n) is 27.4. The lowest BCUT2D eigenvalue weighted by Crippen LogP contribution is -2.41. The van der Waals surface area contributed by atoms with Crippen LogP contribution in [0.5, 0.6) is 11.5 Å². The number of pyridine rings is 1. The number of nitrogen functional groups attached to an aromatic ring is 1. The first-order valence-corrected chi connectivity index (χ1v) is 17.0. The molecule has 1 aromatic heterocycles. The lowest BCUT2D eigenvalue weighted by molar-refractivity contribution is -0.203. The quantitative estimate of drug-likeness (QED) is 0.126. The van der Waals surface area contributed by atoms with E-state index in [0.29, 0.717) is 16.5 Å². The number of esters is 2. The van der Waals surface area contributed by atoms with Crippen LogP contribution in [-0.2, 0) is 29.0 Å². The number of alkyl halides is 3. The highest BCUT2D eigenvalue weighted by molar-refractivity contribution is 7.91. The Hall–Kier alpha value is -5.45. The molecular weight excluding hydrogens is 700 g/mol. The van der Waals surface area contributed by atoms with Crippen molar-refractivity contribution >= 4 is 50.0 Å². The van der Waals surface area contributed by atoms with Crippen LogP contribution in [0, 0.1) is 11.7 Å². The van der Waals surface area contributed by atoms with Crippen LogP contribution in [0.2, 0.25) is 0 Å². The summed E-state index contributed by atoms with van der Waals surface area (Å²) in [5.74, 6) is -7.93. The molecule has 1 fully saturated rings. The number of hydrogen-bond acceptors (Lipinski definition) is 11. The number of aromatic nitrogens is 1. The number of nitrogens with two attached hydrogens (primary N) is 1. The number of fused-ring (bicyclic) bond motifs is 1. The third kappa shape index (κ3) is 7.38. The van der Waals surface area contributed by atoms with Gasteiger partial charge < -0.3 is 30.2 Å². The molecule has 1 saturated heterocycles. The predicted octanol–water partition coefficient (Wildman–Crippen LogP) is 5.14. The van der Waals surface area contributed by atoms with E-state index in [-0.39, 0.29) is 46.3 Å². The Labute approximate surface area is 289 Å². The third-order valence-electron chi connectivity index (χ3n) is 8.53. The molecule has 2 unspecified atom stereocenters. The lowest BCUT2D eigenvalue weighted by Gasteiger charge is -2.33. The van der Waals surface area contributed by atoms with Gasteiger partial charge in [0.15, 0.2) is 21.3 Å². The van der Waals surface area contributed by atoms with Crippen LogP contribution in [0.1, 0.15) is 36.6 Å². The number of amides is 1. The number of nitrogens with one attached hydrogen (secondary N) is 1. The topological polar surface area (TPSA) is 167 Å². The number of anilines is 2. The second-order valence-electron chi connectivity index (χ2n) is 11.5. The first-order chi connectivity index (χ1) is 24.1.